The van der Waals surface area contributed by atoms with E-state index in [9.17, 15) is 8.78 Å². The van der Waals surface area contributed by atoms with E-state index in [-0.39, 0.29) is 5.56 Å². The van der Waals surface area contributed by atoms with Gasteiger partial charge in [0.15, 0.2) is 0 Å². The van der Waals surface area contributed by atoms with Gasteiger partial charge in [-0.25, -0.2) is 8.78 Å². The zero-order valence-electron chi connectivity index (χ0n) is 11.4. The lowest BCUT2D eigenvalue weighted by Gasteiger charge is -2.18. The average Bonchev–Trinajstić information content (AvgIpc) is 2.47. The lowest BCUT2D eigenvalue weighted by molar-refractivity contribution is 0.411. The van der Waals surface area contributed by atoms with E-state index < -0.39 is 17.7 Å². The van der Waals surface area contributed by atoms with Gasteiger partial charge in [-0.15, -0.1) is 0 Å². The minimum Gasteiger partial charge on any atom is -0.496 e. The molecule has 0 spiro atoms. The predicted molar refractivity (Wildman–Crippen MR) is 80.8 cm³/mol. The first-order valence-corrected chi connectivity index (χ1v) is 7.08. The molecule has 112 valence electrons. The summed E-state index contributed by atoms with van der Waals surface area (Å²) < 4.78 is 33.0. The Labute approximate surface area is 130 Å². The fourth-order valence-corrected chi connectivity index (χ4v) is 2.70. The highest BCUT2D eigenvalue weighted by atomic mass is 79.9. The van der Waals surface area contributed by atoms with Crippen molar-refractivity contribution in [3.63, 3.8) is 0 Å². The van der Waals surface area contributed by atoms with Crippen LogP contribution in [-0.2, 0) is 6.42 Å². The number of benzene rings is 2. The molecule has 3 nitrogen and oxygen atoms in total. The van der Waals surface area contributed by atoms with Crippen LogP contribution in [0.4, 0.5) is 8.78 Å². The van der Waals surface area contributed by atoms with Crippen LogP contribution in [0.5, 0.6) is 5.75 Å². The van der Waals surface area contributed by atoms with Gasteiger partial charge >= 0.3 is 0 Å². The summed E-state index contributed by atoms with van der Waals surface area (Å²) >= 11 is 3.39. The first kappa shape index (κ1) is 15.9. The van der Waals surface area contributed by atoms with Crippen molar-refractivity contribution < 1.29 is 13.5 Å². The van der Waals surface area contributed by atoms with Crippen molar-refractivity contribution in [1.29, 1.82) is 0 Å². The summed E-state index contributed by atoms with van der Waals surface area (Å²) in [4.78, 5) is 0. The van der Waals surface area contributed by atoms with Crippen LogP contribution in [0.25, 0.3) is 0 Å². The standard InChI is InChI=1S/C15H15BrF2N2O/c1-21-15-5-2-9(6-12(15)16)7-14(20-19)11-8-10(17)3-4-13(11)18/h2-6,8,14,20H,7,19H2,1H3. The topological polar surface area (TPSA) is 47.3 Å². The molecule has 0 saturated heterocycles. The Morgan fingerprint density at radius 2 is 2.00 bits per heavy atom. The first-order chi connectivity index (χ1) is 10.0. The largest absolute Gasteiger partial charge is 0.496 e. The highest BCUT2D eigenvalue weighted by Gasteiger charge is 2.16. The molecule has 0 amide bonds. The molecule has 0 saturated carbocycles. The molecule has 2 rings (SSSR count). The van der Waals surface area contributed by atoms with E-state index in [1.165, 1.54) is 0 Å². The highest BCUT2D eigenvalue weighted by molar-refractivity contribution is 9.10. The summed E-state index contributed by atoms with van der Waals surface area (Å²) in [6.45, 7) is 0. The molecular formula is C15H15BrF2N2O. The molecule has 0 heterocycles. The number of hydrogen-bond acceptors (Lipinski definition) is 3. The smallest absolute Gasteiger partial charge is 0.133 e. The zero-order chi connectivity index (χ0) is 15.4. The second-order valence-electron chi connectivity index (χ2n) is 4.56. The molecule has 1 unspecified atom stereocenters. The lowest BCUT2D eigenvalue weighted by atomic mass is 9.99. The van der Waals surface area contributed by atoms with E-state index in [1.54, 1.807) is 13.2 Å². The summed E-state index contributed by atoms with van der Waals surface area (Å²) in [6, 6.07) is 8.31. The summed E-state index contributed by atoms with van der Waals surface area (Å²) in [6.07, 6.45) is 0.416. The van der Waals surface area contributed by atoms with E-state index in [1.807, 2.05) is 12.1 Å². The number of methoxy groups -OCH3 is 1. The molecule has 0 aliphatic heterocycles. The third-order valence-electron chi connectivity index (χ3n) is 3.19. The van der Waals surface area contributed by atoms with Crippen LogP contribution < -0.4 is 16.0 Å². The molecule has 21 heavy (non-hydrogen) atoms. The van der Waals surface area contributed by atoms with Gasteiger partial charge in [-0.05, 0) is 58.2 Å². The van der Waals surface area contributed by atoms with Gasteiger partial charge < -0.3 is 4.74 Å². The van der Waals surface area contributed by atoms with Crippen LogP contribution in [0.1, 0.15) is 17.2 Å². The van der Waals surface area contributed by atoms with Crippen LogP contribution >= 0.6 is 15.9 Å². The van der Waals surface area contributed by atoms with Crippen molar-refractivity contribution in [3.05, 3.63) is 63.6 Å². The Hall–Kier alpha value is -1.50. The Balaban J connectivity index is 2.26. The second kappa shape index (κ2) is 6.98. The Morgan fingerprint density at radius 1 is 1.24 bits per heavy atom. The Morgan fingerprint density at radius 3 is 2.62 bits per heavy atom. The maximum Gasteiger partial charge on any atom is 0.133 e. The zero-order valence-corrected chi connectivity index (χ0v) is 13.0. The molecule has 0 fully saturated rings. The van der Waals surface area contributed by atoms with Gasteiger partial charge in [0.1, 0.15) is 17.4 Å². The van der Waals surface area contributed by atoms with Gasteiger partial charge in [0.25, 0.3) is 0 Å². The molecule has 2 aromatic rings. The van der Waals surface area contributed by atoms with E-state index in [2.05, 4.69) is 21.4 Å². The van der Waals surface area contributed by atoms with Gasteiger partial charge in [-0.3, -0.25) is 11.3 Å². The number of ether oxygens (including phenoxy) is 1. The third-order valence-corrected chi connectivity index (χ3v) is 3.81. The summed E-state index contributed by atoms with van der Waals surface area (Å²) in [7, 11) is 1.58. The maximum atomic E-state index is 13.8. The number of nitrogens with one attached hydrogen (secondary N) is 1. The summed E-state index contributed by atoms with van der Waals surface area (Å²) in [5.74, 6) is 5.20. The Bertz CT molecular complexity index is 637. The number of hydrogen-bond donors (Lipinski definition) is 2. The normalized spacial score (nSPS) is 12.2. The molecule has 2 aromatic carbocycles. The monoisotopic (exact) mass is 356 g/mol. The van der Waals surface area contributed by atoms with Crippen molar-refractivity contribution in [1.82, 2.24) is 5.43 Å². The van der Waals surface area contributed by atoms with Crippen molar-refractivity contribution in [2.45, 2.75) is 12.5 Å². The summed E-state index contributed by atoms with van der Waals surface area (Å²) in [5.41, 5.74) is 3.64. The molecule has 1 atom stereocenters. The molecule has 6 heteroatoms. The van der Waals surface area contributed by atoms with E-state index in [4.69, 9.17) is 10.6 Å². The van der Waals surface area contributed by atoms with E-state index >= 15 is 0 Å². The SMILES string of the molecule is COc1ccc(CC(NN)c2cc(F)ccc2F)cc1Br. The van der Waals surface area contributed by atoms with Gasteiger partial charge in [-0.1, -0.05) is 6.07 Å². The van der Waals surface area contributed by atoms with Crippen LogP contribution in [0.3, 0.4) is 0 Å². The van der Waals surface area contributed by atoms with E-state index in [0.29, 0.717) is 12.2 Å². The molecule has 0 aromatic heterocycles. The van der Waals surface area contributed by atoms with Crippen LogP contribution in [-0.4, -0.2) is 7.11 Å². The molecule has 3 N–H and O–H groups in total. The van der Waals surface area contributed by atoms with Gasteiger partial charge in [-0.2, -0.15) is 0 Å². The second-order valence-corrected chi connectivity index (χ2v) is 5.41. The first-order valence-electron chi connectivity index (χ1n) is 6.28. The van der Waals surface area contributed by atoms with Crippen molar-refractivity contribution in [3.8, 4) is 5.75 Å². The number of halogens is 3. The fourth-order valence-electron chi connectivity index (χ4n) is 2.11. The third kappa shape index (κ3) is 3.78. The Kier molecular flexibility index (Phi) is 5.27. The number of hydrazine groups is 1. The average molecular weight is 357 g/mol. The number of nitrogens with two attached hydrogens (primary N) is 1. The van der Waals surface area contributed by atoms with Crippen LogP contribution in [0, 0.1) is 11.6 Å². The maximum absolute atomic E-state index is 13.8. The van der Waals surface area contributed by atoms with Crippen molar-refractivity contribution in [2.24, 2.45) is 5.84 Å². The van der Waals surface area contributed by atoms with Gasteiger partial charge in [0.05, 0.1) is 17.6 Å². The molecule has 0 aliphatic carbocycles. The minimum absolute atomic E-state index is 0.199. The minimum atomic E-state index is -0.527. The molecule has 0 aliphatic rings. The van der Waals surface area contributed by atoms with Gasteiger partial charge in [0, 0.05) is 5.56 Å². The fraction of sp³-hybridized carbons (Fsp3) is 0.200. The summed E-state index contributed by atoms with van der Waals surface area (Å²) in [5, 5.41) is 0. The quantitative estimate of drug-likeness (QED) is 0.636. The van der Waals surface area contributed by atoms with Crippen LogP contribution in [0.15, 0.2) is 40.9 Å². The molecular weight excluding hydrogens is 342 g/mol. The molecule has 0 radical (unpaired) electrons. The van der Waals surface area contributed by atoms with Crippen LogP contribution in [0.2, 0.25) is 0 Å². The number of rotatable bonds is 5. The highest BCUT2D eigenvalue weighted by Crippen LogP contribution is 2.28. The van der Waals surface area contributed by atoms with E-state index in [0.717, 1.165) is 28.2 Å². The molecule has 0 bridgehead atoms. The van der Waals surface area contributed by atoms with Gasteiger partial charge in [0.2, 0.25) is 0 Å². The predicted octanol–water partition coefficient (Wildman–Crippen LogP) is 3.48. The van der Waals surface area contributed by atoms with Crippen molar-refractivity contribution in [2.75, 3.05) is 7.11 Å². The van der Waals surface area contributed by atoms with Crippen molar-refractivity contribution >= 4 is 15.9 Å². The lowest BCUT2D eigenvalue weighted by Crippen LogP contribution is -2.30.